The first kappa shape index (κ1) is 88.4. The van der Waals surface area contributed by atoms with E-state index in [9.17, 15) is 52.7 Å². The summed E-state index contributed by atoms with van der Waals surface area (Å²) < 4.78 is 164. The van der Waals surface area contributed by atoms with Crippen molar-refractivity contribution in [3.05, 3.63) is 0 Å². The van der Waals surface area contributed by atoms with Crippen molar-refractivity contribution in [1.82, 2.24) is 0 Å². The van der Waals surface area contributed by atoms with Crippen molar-refractivity contribution in [1.29, 1.82) is 0 Å². The van der Waals surface area contributed by atoms with Crippen molar-refractivity contribution in [3.63, 3.8) is 0 Å². The van der Waals surface area contributed by atoms with Crippen LogP contribution in [0.2, 0.25) is 0 Å². The van der Waals surface area contributed by atoms with Gasteiger partial charge in [-0.1, -0.05) is 279 Å². The molecular weight excluding hydrogens is 1020 g/mol. The third kappa shape index (κ3) is 84.0. The van der Waals surface area contributed by atoms with Gasteiger partial charge in [-0.15, -0.1) is 0 Å². The highest BCUT2D eigenvalue weighted by atomic mass is 19.4. The smallest absolute Gasteiger partial charge is 0.171 e. The zero-order chi connectivity index (χ0) is 67.6. The lowest BCUT2D eigenvalue weighted by Gasteiger charge is -2.20. The molecule has 0 spiro atoms. The summed E-state index contributed by atoms with van der Waals surface area (Å²) in [5.74, 6) is -2.72. The van der Waals surface area contributed by atoms with Crippen molar-refractivity contribution in [2.24, 2.45) is 81.3 Å². The molecule has 2 saturated carbocycles. The Hall–Kier alpha value is -0.840. The minimum absolute atomic E-state index is 0.170. The van der Waals surface area contributed by atoms with E-state index in [1.807, 2.05) is 55.4 Å². The first-order valence-electron chi connectivity index (χ1n) is 31.9. The molecule has 0 amide bonds. The summed E-state index contributed by atoms with van der Waals surface area (Å²) in [6, 6.07) is 0. The second kappa shape index (κ2) is 51.8. The maximum atomic E-state index is 12.2. The standard InChI is InChI=1S/2C8H13F3.C7H16.C6H11F3.3C6H14.C5H9F3.2C5H12.C4H10/c1-5-3-6(2)7(4-5)8(9,10)11;1-5-3-4-7(6(5)2)8(9,10)11;1-5-6-7(2,3)4;1-3-4-5(2)6(7,8)9;2*1-5-6(2,3)4;1-4-5-6(2)3;1-3-4(2)5(6,7)8;1-4-5(2)3;1-3-5-4-2;1-4(2)3/h2*5-7H,3-4H2,1-2H3;5-6H2,1-4H3;5H,3-4H2,1-2H3;2*5H2,1-4H3;6H,4-5H2,1-3H3;4H,3H2,1-2H3;5H,4H2,1-3H3;3-5H2,1-2H3;4H,1-3H3/i;;;;5D2;;;;;;4D. The molecule has 0 heterocycles. The van der Waals surface area contributed by atoms with Crippen molar-refractivity contribution >= 4 is 0 Å². The normalized spacial score (nSPS) is 20.8. The van der Waals surface area contributed by atoms with Crippen LogP contribution in [0.25, 0.3) is 0 Å². The van der Waals surface area contributed by atoms with Crippen LogP contribution in [0.1, 0.15) is 328 Å². The van der Waals surface area contributed by atoms with Crippen molar-refractivity contribution in [2.45, 2.75) is 348 Å². The van der Waals surface area contributed by atoms with Crippen LogP contribution in [0.4, 0.5) is 52.7 Å². The third-order valence-electron chi connectivity index (χ3n) is 13.1. The van der Waals surface area contributed by atoms with Gasteiger partial charge in [-0.05, 0) is 103 Å². The molecule has 2 fully saturated rings. The quantitative estimate of drug-likeness (QED) is 0.202. The SMILES string of the molecule is CC1CC(C)C(C(F)(F)F)C1.CC1CCC(C(F)(F)F)C1C.CCC(C)(C)C.CCC(C)C.CCC(C)C(F)(F)F.CCCC(C)(C)C.CCCC(C)C.CCCC(C)C(F)(F)F.CCCCC.[2H]C(C)(C)C.[2H]C([2H])(C)C(C)(C)C. The molecule has 0 aromatic carbocycles. The zero-order valence-electron chi connectivity index (χ0n) is 60.1. The molecule has 2 aliphatic carbocycles. The fraction of sp³-hybridized carbons (Fsp3) is 1.00. The maximum absolute atomic E-state index is 12.2. The Morgan fingerprint density at radius 3 is 0.846 bits per heavy atom. The van der Waals surface area contributed by atoms with Gasteiger partial charge in [-0.25, -0.2) is 0 Å². The molecule has 8 atom stereocenters. The second-order valence-corrected chi connectivity index (χ2v) is 26.9. The predicted molar refractivity (Wildman–Crippen MR) is 324 cm³/mol. The summed E-state index contributed by atoms with van der Waals surface area (Å²) in [6.07, 6.45) is -1.86. The van der Waals surface area contributed by atoms with Gasteiger partial charge in [-0.2, -0.15) is 52.7 Å². The molecule has 2 rings (SSSR count). The average Bonchev–Trinajstić information content (AvgIpc) is 3.78. The van der Waals surface area contributed by atoms with Crippen LogP contribution in [0, 0.1) is 81.3 Å². The van der Waals surface area contributed by atoms with Crippen LogP contribution in [-0.2, 0) is 0 Å². The molecular formula is C66H138F12. The minimum Gasteiger partial charge on any atom is -0.171 e. The molecule has 486 valence electrons. The van der Waals surface area contributed by atoms with Crippen molar-refractivity contribution < 1.29 is 56.8 Å². The summed E-state index contributed by atoms with van der Waals surface area (Å²) in [6.45, 7) is 61.5. The highest BCUT2D eigenvalue weighted by Gasteiger charge is 2.48. The van der Waals surface area contributed by atoms with Crippen molar-refractivity contribution in [3.8, 4) is 0 Å². The Morgan fingerprint density at radius 2 is 0.782 bits per heavy atom. The number of hydrogen-bond acceptors (Lipinski definition) is 0. The van der Waals surface area contributed by atoms with E-state index in [1.165, 1.54) is 78.6 Å². The van der Waals surface area contributed by atoms with E-state index in [2.05, 4.69) is 111 Å². The van der Waals surface area contributed by atoms with Crippen LogP contribution < -0.4 is 0 Å². The maximum Gasteiger partial charge on any atom is 0.392 e. The molecule has 78 heavy (non-hydrogen) atoms. The van der Waals surface area contributed by atoms with E-state index >= 15 is 0 Å². The molecule has 0 radical (unpaired) electrons. The van der Waals surface area contributed by atoms with Crippen LogP contribution in [0.3, 0.4) is 0 Å². The Labute approximate surface area is 485 Å². The number of alkyl halides is 12. The van der Waals surface area contributed by atoms with Gasteiger partial charge in [-0.3, -0.25) is 0 Å². The topological polar surface area (TPSA) is 0 Å². The first-order valence-corrected chi connectivity index (χ1v) is 30.4. The highest BCUT2D eigenvalue weighted by Crippen LogP contribution is 2.46. The minimum atomic E-state index is -3.99. The van der Waals surface area contributed by atoms with Gasteiger partial charge in [0.15, 0.2) is 0 Å². The largest absolute Gasteiger partial charge is 0.392 e. The predicted octanol–water partition coefficient (Wildman–Crippen LogP) is 28.1. The molecule has 8 unspecified atom stereocenters. The van der Waals surface area contributed by atoms with E-state index in [0.717, 1.165) is 24.7 Å². The summed E-state index contributed by atoms with van der Waals surface area (Å²) in [7, 11) is 0. The Morgan fingerprint density at radius 1 is 0.436 bits per heavy atom. The van der Waals surface area contributed by atoms with E-state index < -0.39 is 54.7 Å². The third-order valence-corrected chi connectivity index (χ3v) is 13.1. The molecule has 0 aromatic heterocycles. The summed E-state index contributed by atoms with van der Waals surface area (Å²) in [4.78, 5) is 0. The number of halogens is 12. The van der Waals surface area contributed by atoms with E-state index in [1.54, 1.807) is 27.7 Å². The molecule has 0 aromatic rings. The number of hydrogen-bond donors (Lipinski definition) is 0. The van der Waals surface area contributed by atoms with Gasteiger partial charge >= 0.3 is 24.7 Å². The van der Waals surface area contributed by atoms with Crippen LogP contribution in [-0.4, -0.2) is 24.7 Å². The van der Waals surface area contributed by atoms with E-state index in [-0.39, 0.29) is 47.8 Å². The molecule has 0 aliphatic heterocycles. The zero-order valence-corrected chi connectivity index (χ0v) is 57.1. The van der Waals surface area contributed by atoms with Crippen LogP contribution in [0.15, 0.2) is 0 Å². The molecule has 0 saturated heterocycles. The summed E-state index contributed by atoms with van der Waals surface area (Å²) in [5.41, 5.74) is 0.863. The Kier molecular flexibility index (Phi) is 58.7. The fourth-order valence-electron chi connectivity index (χ4n) is 6.35. The fourth-order valence-corrected chi connectivity index (χ4v) is 6.35. The lowest BCUT2D eigenvalue weighted by atomic mass is 9.91. The van der Waals surface area contributed by atoms with Gasteiger partial charge in [0.1, 0.15) is 0 Å². The van der Waals surface area contributed by atoms with Crippen LogP contribution in [0.5, 0.6) is 0 Å². The van der Waals surface area contributed by atoms with Gasteiger partial charge < -0.3 is 0 Å². The lowest BCUT2D eigenvalue weighted by molar-refractivity contribution is -0.183. The molecule has 2 aliphatic rings. The lowest BCUT2D eigenvalue weighted by Crippen LogP contribution is -2.26. The van der Waals surface area contributed by atoms with Gasteiger partial charge in [0.2, 0.25) is 0 Å². The second-order valence-electron chi connectivity index (χ2n) is 26.9. The van der Waals surface area contributed by atoms with E-state index in [0.29, 0.717) is 30.1 Å². The molecule has 0 N–H and O–H groups in total. The monoisotopic (exact) mass is 1160 g/mol. The number of rotatable bonds is 9. The first-order chi connectivity index (χ1) is 35.6. The Bertz CT molecular complexity index is 1270. The summed E-state index contributed by atoms with van der Waals surface area (Å²) >= 11 is 0. The average molecular weight is 1160 g/mol. The Balaban J connectivity index is -0.000000102. The van der Waals surface area contributed by atoms with Gasteiger partial charge in [0.05, 0.1) is 23.7 Å². The van der Waals surface area contributed by atoms with Crippen molar-refractivity contribution in [2.75, 3.05) is 0 Å². The molecule has 12 heteroatoms. The van der Waals surface area contributed by atoms with Gasteiger partial charge in [0.25, 0.3) is 0 Å². The number of unbranched alkanes of at least 4 members (excludes halogenated alkanes) is 2. The van der Waals surface area contributed by atoms with Crippen LogP contribution >= 0.6 is 0 Å². The van der Waals surface area contributed by atoms with E-state index in [4.69, 9.17) is 4.11 Å². The highest BCUT2D eigenvalue weighted by molar-refractivity contribution is 4.84. The molecule has 0 nitrogen and oxygen atoms in total. The summed E-state index contributed by atoms with van der Waals surface area (Å²) in [5, 5.41) is 0. The molecule has 0 bridgehead atoms. The van der Waals surface area contributed by atoms with Gasteiger partial charge in [0, 0.05) is 4.11 Å².